The third-order valence-corrected chi connectivity index (χ3v) is 4.65. The second-order valence-corrected chi connectivity index (χ2v) is 7.32. The fraction of sp³-hybridized carbons (Fsp3) is 0.364. The summed E-state index contributed by atoms with van der Waals surface area (Å²) < 4.78 is 5.60. The van der Waals surface area contributed by atoms with E-state index < -0.39 is 0 Å². The summed E-state index contributed by atoms with van der Waals surface area (Å²) in [6, 6.07) is 14.1. The number of amides is 2. The molecule has 0 radical (unpaired) electrons. The number of carbonyl (C=O) groups is 2. The number of hydrogen-bond donors (Lipinski definition) is 1. The number of nitrogens with zero attached hydrogens (tertiary/aromatic N) is 2. The first-order valence-corrected chi connectivity index (χ1v) is 9.58. The van der Waals surface area contributed by atoms with Crippen molar-refractivity contribution in [3.05, 3.63) is 59.7 Å². The Balaban J connectivity index is 1.65. The van der Waals surface area contributed by atoms with E-state index in [2.05, 4.69) is 17.3 Å². The molecule has 6 nitrogen and oxygen atoms in total. The molecular weight excluding hydrogens is 354 g/mol. The SMILES string of the molecule is CC(C)Oc1ccc(C(=O)Nc2cccc(C(=O)N3CCN(C)CC3)c2)cc1. The smallest absolute Gasteiger partial charge is 0.255 e. The molecule has 2 aromatic carbocycles. The third kappa shape index (κ3) is 5.10. The molecule has 148 valence electrons. The highest BCUT2D eigenvalue weighted by atomic mass is 16.5. The summed E-state index contributed by atoms with van der Waals surface area (Å²) in [6.45, 7) is 7.10. The number of anilines is 1. The monoisotopic (exact) mass is 381 g/mol. The van der Waals surface area contributed by atoms with E-state index in [1.807, 2.05) is 18.7 Å². The van der Waals surface area contributed by atoms with Crippen LogP contribution in [0.5, 0.6) is 5.75 Å². The van der Waals surface area contributed by atoms with Gasteiger partial charge in [-0.3, -0.25) is 9.59 Å². The molecule has 1 aliphatic rings. The van der Waals surface area contributed by atoms with Gasteiger partial charge in [0.05, 0.1) is 6.10 Å². The number of carbonyl (C=O) groups excluding carboxylic acids is 2. The van der Waals surface area contributed by atoms with Crippen LogP contribution in [0.3, 0.4) is 0 Å². The van der Waals surface area contributed by atoms with Crippen molar-refractivity contribution in [2.24, 2.45) is 0 Å². The van der Waals surface area contributed by atoms with Crippen LogP contribution in [0, 0.1) is 0 Å². The summed E-state index contributed by atoms with van der Waals surface area (Å²) in [5.74, 6) is 0.506. The zero-order valence-corrected chi connectivity index (χ0v) is 16.6. The summed E-state index contributed by atoms with van der Waals surface area (Å²) in [7, 11) is 2.06. The van der Waals surface area contributed by atoms with Crippen molar-refractivity contribution in [3.63, 3.8) is 0 Å². The Bertz CT molecular complexity index is 825. The van der Waals surface area contributed by atoms with Crippen LogP contribution in [0.4, 0.5) is 5.69 Å². The number of ether oxygens (including phenoxy) is 1. The fourth-order valence-electron chi connectivity index (χ4n) is 3.08. The van der Waals surface area contributed by atoms with E-state index in [0.29, 0.717) is 16.8 Å². The number of likely N-dealkylation sites (N-methyl/N-ethyl adjacent to an activating group) is 1. The topological polar surface area (TPSA) is 61.9 Å². The highest BCUT2D eigenvalue weighted by Crippen LogP contribution is 2.17. The lowest BCUT2D eigenvalue weighted by Crippen LogP contribution is -2.47. The molecule has 3 rings (SSSR count). The maximum absolute atomic E-state index is 12.7. The molecule has 28 heavy (non-hydrogen) atoms. The molecule has 1 heterocycles. The molecule has 1 saturated heterocycles. The van der Waals surface area contributed by atoms with Gasteiger partial charge in [0.25, 0.3) is 11.8 Å². The summed E-state index contributed by atoms with van der Waals surface area (Å²) in [4.78, 5) is 29.3. The Morgan fingerprint density at radius 1 is 0.964 bits per heavy atom. The van der Waals surface area contributed by atoms with Crippen molar-refractivity contribution in [3.8, 4) is 5.75 Å². The van der Waals surface area contributed by atoms with Crippen molar-refractivity contribution >= 4 is 17.5 Å². The first kappa shape index (κ1) is 19.9. The van der Waals surface area contributed by atoms with E-state index in [0.717, 1.165) is 31.9 Å². The average molecular weight is 381 g/mol. The average Bonchev–Trinajstić information content (AvgIpc) is 2.68. The van der Waals surface area contributed by atoms with Gasteiger partial charge in [-0.2, -0.15) is 0 Å². The molecule has 1 N–H and O–H groups in total. The Labute approximate surface area is 166 Å². The molecule has 0 aliphatic carbocycles. The first-order valence-electron chi connectivity index (χ1n) is 9.58. The van der Waals surface area contributed by atoms with E-state index in [9.17, 15) is 9.59 Å². The quantitative estimate of drug-likeness (QED) is 0.864. The maximum Gasteiger partial charge on any atom is 0.255 e. The molecule has 0 saturated carbocycles. The Kier molecular flexibility index (Phi) is 6.31. The lowest BCUT2D eigenvalue weighted by atomic mass is 10.1. The minimum atomic E-state index is -0.222. The van der Waals surface area contributed by atoms with E-state index in [1.54, 1.807) is 48.5 Å². The lowest BCUT2D eigenvalue weighted by molar-refractivity contribution is 0.0664. The Morgan fingerprint density at radius 3 is 2.29 bits per heavy atom. The van der Waals surface area contributed by atoms with Gasteiger partial charge < -0.3 is 19.9 Å². The zero-order valence-electron chi connectivity index (χ0n) is 16.6. The van der Waals surface area contributed by atoms with Crippen LogP contribution in [0.1, 0.15) is 34.6 Å². The minimum absolute atomic E-state index is 0.000568. The third-order valence-electron chi connectivity index (χ3n) is 4.65. The van der Waals surface area contributed by atoms with Crippen LogP contribution in [-0.4, -0.2) is 60.9 Å². The highest BCUT2D eigenvalue weighted by Gasteiger charge is 2.20. The first-order chi connectivity index (χ1) is 13.4. The summed E-state index contributed by atoms with van der Waals surface area (Å²) >= 11 is 0. The van der Waals surface area contributed by atoms with Gasteiger partial charge in [0.2, 0.25) is 0 Å². The molecule has 1 fully saturated rings. The molecule has 0 unspecified atom stereocenters. The number of nitrogens with one attached hydrogen (secondary N) is 1. The normalized spacial score (nSPS) is 14.8. The Morgan fingerprint density at radius 2 is 1.64 bits per heavy atom. The van der Waals surface area contributed by atoms with Crippen molar-refractivity contribution in [2.75, 3.05) is 38.5 Å². The molecule has 0 bridgehead atoms. The molecule has 1 aliphatic heterocycles. The van der Waals surface area contributed by atoms with Crippen molar-refractivity contribution in [2.45, 2.75) is 20.0 Å². The summed E-state index contributed by atoms with van der Waals surface area (Å²) in [5, 5.41) is 2.86. The molecule has 0 atom stereocenters. The van der Waals surface area contributed by atoms with Crippen molar-refractivity contribution in [1.29, 1.82) is 0 Å². The largest absolute Gasteiger partial charge is 0.491 e. The van der Waals surface area contributed by atoms with Gasteiger partial charge in [-0.15, -0.1) is 0 Å². The van der Waals surface area contributed by atoms with E-state index in [1.165, 1.54) is 0 Å². The van der Waals surface area contributed by atoms with E-state index in [-0.39, 0.29) is 17.9 Å². The van der Waals surface area contributed by atoms with Crippen LogP contribution in [0.25, 0.3) is 0 Å². The molecule has 0 spiro atoms. The summed E-state index contributed by atoms with van der Waals surface area (Å²) in [6.07, 6.45) is 0.0836. The van der Waals surface area contributed by atoms with Crippen LogP contribution >= 0.6 is 0 Å². The predicted molar refractivity (Wildman–Crippen MR) is 110 cm³/mol. The van der Waals surface area contributed by atoms with Gasteiger partial charge in [-0.25, -0.2) is 0 Å². The fourth-order valence-corrected chi connectivity index (χ4v) is 3.08. The van der Waals surface area contributed by atoms with Gasteiger partial charge in [-0.1, -0.05) is 6.07 Å². The van der Waals surface area contributed by atoms with Crippen LogP contribution in [-0.2, 0) is 0 Å². The van der Waals surface area contributed by atoms with E-state index >= 15 is 0 Å². The molecule has 6 heteroatoms. The van der Waals surface area contributed by atoms with Gasteiger partial charge in [-0.05, 0) is 63.4 Å². The second kappa shape index (κ2) is 8.89. The number of hydrogen-bond acceptors (Lipinski definition) is 4. The van der Waals surface area contributed by atoms with Crippen LogP contribution < -0.4 is 10.1 Å². The zero-order chi connectivity index (χ0) is 20.1. The highest BCUT2D eigenvalue weighted by molar-refractivity contribution is 6.05. The van der Waals surface area contributed by atoms with Crippen LogP contribution in [0.15, 0.2) is 48.5 Å². The number of piperazine rings is 1. The minimum Gasteiger partial charge on any atom is -0.491 e. The van der Waals surface area contributed by atoms with Crippen molar-refractivity contribution < 1.29 is 14.3 Å². The second-order valence-electron chi connectivity index (χ2n) is 7.32. The molecule has 0 aromatic heterocycles. The van der Waals surface area contributed by atoms with Gasteiger partial charge in [0, 0.05) is 43.0 Å². The van der Waals surface area contributed by atoms with E-state index in [4.69, 9.17) is 4.74 Å². The van der Waals surface area contributed by atoms with Crippen LogP contribution in [0.2, 0.25) is 0 Å². The van der Waals surface area contributed by atoms with Gasteiger partial charge >= 0.3 is 0 Å². The van der Waals surface area contributed by atoms with Crippen molar-refractivity contribution in [1.82, 2.24) is 9.80 Å². The van der Waals surface area contributed by atoms with Gasteiger partial charge in [0.1, 0.15) is 5.75 Å². The number of rotatable bonds is 5. The maximum atomic E-state index is 12.7. The number of benzene rings is 2. The predicted octanol–water partition coefficient (Wildman–Crippen LogP) is 3.11. The molecule has 2 aromatic rings. The van der Waals surface area contributed by atoms with Gasteiger partial charge in [0.15, 0.2) is 0 Å². The molecular formula is C22H27N3O3. The standard InChI is InChI=1S/C22H27N3O3/c1-16(2)28-20-9-7-17(8-10-20)21(26)23-19-6-4-5-18(15-19)22(27)25-13-11-24(3)12-14-25/h4-10,15-16H,11-14H2,1-3H3,(H,23,26). The lowest BCUT2D eigenvalue weighted by Gasteiger charge is -2.32. The Hall–Kier alpha value is -2.86. The molecule has 2 amide bonds. The summed E-state index contributed by atoms with van der Waals surface area (Å²) in [5.41, 5.74) is 1.72.